The molecule has 1 amide bonds. The lowest BCUT2D eigenvalue weighted by molar-refractivity contribution is 0.0734. The van der Waals surface area contributed by atoms with Crippen molar-refractivity contribution in [2.24, 2.45) is 0 Å². The number of carbonyl (C=O) groups excluding carboxylic acids is 1. The van der Waals surface area contributed by atoms with E-state index in [-0.39, 0.29) is 17.5 Å². The number of hydrogen-bond acceptors (Lipinski definition) is 3. The minimum Gasteiger partial charge on any atom is -0.378 e. The van der Waals surface area contributed by atoms with E-state index < -0.39 is 5.82 Å². The zero-order valence-corrected chi connectivity index (χ0v) is 10.3. The first-order chi connectivity index (χ1) is 8.66. The molecule has 98 valence electrons. The van der Waals surface area contributed by atoms with Gasteiger partial charge in [0.15, 0.2) is 0 Å². The Morgan fingerprint density at radius 2 is 2.44 bits per heavy atom. The fourth-order valence-electron chi connectivity index (χ4n) is 1.88. The quantitative estimate of drug-likeness (QED) is 0.838. The number of benzene rings is 1. The minimum absolute atomic E-state index is 0.0896. The molecule has 2 rings (SSSR count). The topological polar surface area (TPSA) is 50.4 Å². The summed E-state index contributed by atoms with van der Waals surface area (Å²) in [5.41, 5.74) is 0.951. The van der Waals surface area contributed by atoms with Crippen LogP contribution >= 0.6 is 0 Å². The first kappa shape index (κ1) is 13.0. The van der Waals surface area contributed by atoms with Gasteiger partial charge in [-0.1, -0.05) is 11.6 Å². The molecule has 1 heterocycles. The summed E-state index contributed by atoms with van der Waals surface area (Å²) >= 11 is 0. The fraction of sp³-hybridized carbons (Fsp3) is 0.462. The minimum atomic E-state index is -0.494. The van der Waals surface area contributed by atoms with Crippen LogP contribution in [0.3, 0.4) is 0 Å². The Balaban J connectivity index is 1.92. The van der Waals surface area contributed by atoms with Crippen molar-refractivity contribution in [2.75, 3.05) is 26.3 Å². The van der Waals surface area contributed by atoms with Gasteiger partial charge in [-0.15, -0.1) is 0 Å². The van der Waals surface area contributed by atoms with Crippen LogP contribution in [0, 0.1) is 12.7 Å². The summed E-state index contributed by atoms with van der Waals surface area (Å²) in [5, 5.41) is 5.93. The molecule has 1 saturated heterocycles. The Bertz CT molecular complexity index is 431. The van der Waals surface area contributed by atoms with E-state index in [9.17, 15) is 9.18 Å². The first-order valence-corrected chi connectivity index (χ1v) is 6.02. The Morgan fingerprint density at radius 3 is 3.17 bits per heavy atom. The summed E-state index contributed by atoms with van der Waals surface area (Å²) in [5.74, 6) is -0.880. The van der Waals surface area contributed by atoms with Gasteiger partial charge in [-0.05, 0) is 19.1 Å². The van der Waals surface area contributed by atoms with Gasteiger partial charge in [0.25, 0.3) is 5.91 Å². The summed E-state index contributed by atoms with van der Waals surface area (Å²) in [6.07, 6.45) is 0. The Kier molecular flexibility index (Phi) is 4.28. The molecule has 4 nitrogen and oxygen atoms in total. The second kappa shape index (κ2) is 5.93. The number of nitrogens with one attached hydrogen (secondary N) is 2. The molecule has 5 heteroatoms. The predicted octanol–water partition coefficient (Wildman–Crippen LogP) is 0.852. The maximum absolute atomic E-state index is 13.5. The highest BCUT2D eigenvalue weighted by Gasteiger charge is 2.16. The van der Waals surface area contributed by atoms with Gasteiger partial charge >= 0.3 is 0 Å². The number of halogens is 1. The highest BCUT2D eigenvalue weighted by atomic mass is 19.1. The Hall–Kier alpha value is -1.46. The van der Waals surface area contributed by atoms with Crippen LogP contribution < -0.4 is 10.6 Å². The Morgan fingerprint density at radius 1 is 1.61 bits per heavy atom. The fourth-order valence-corrected chi connectivity index (χ4v) is 1.88. The number of rotatable bonds is 3. The van der Waals surface area contributed by atoms with Crippen LogP contribution in [-0.4, -0.2) is 38.3 Å². The first-order valence-electron chi connectivity index (χ1n) is 6.02. The van der Waals surface area contributed by atoms with Crippen LogP contribution in [0.2, 0.25) is 0 Å². The summed E-state index contributed by atoms with van der Waals surface area (Å²) in [4.78, 5) is 11.8. The number of amides is 1. The third-order valence-corrected chi connectivity index (χ3v) is 2.87. The van der Waals surface area contributed by atoms with Gasteiger partial charge < -0.3 is 15.4 Å². The van der Waals surface area contributed by atoms with Gasteiger partial charge in [-0.25, -0.2) is 4.39 Å². The third kappa shape index (κ3) is 3.27. The number of aryl methyl sites for hydroxylation is 1. The predicted molar refractivity (Wildman–Crippen MR) is 66.1 cm³/mol. The van der Waals surface area contributed by atoms with E-state index in [0.29, 0.717) is 19.8 Å². The third-order valence-electron chi connectivity index (χ3n) is 2.87. The van der Waals surface area contributed by atoms with Crippen molar-refractivity contribution in [1.82, 2.24) is 10.6 Å². The molecule has 0 spiro atoms. The van der Waals surface area contributed by atoms with E-state index in [1.807, 2.05) is 6.92 Å². The van der Waals surface area contributed by atoms with Crippen LogP contribution in [-0.2, 0) is 4.74 Å². The monoisotopic (exact) mass is 252 g/mol. The lowest BCUT2D eigenvalue weighted by Crippen LogP contribution is -2.48. The highest BCUT2D eigenvalue weighted by Crippen LogP contribution is 2.09. The molecule has 0 saturated carbocycles. The molecule has 0 aromatic heterocycles. The van der Waals surface area contributed by atoms with Crippen LogP contribution in [0.4, 0.5) is 4.39 Å². The average Bonchev–Trinajstić information content (AvgIpc) is 2.40. The normalized spacial score (nSPS) is 19.6. The molecule has 1 aliphatic rings. The summed E-state index contributed by atoms with van der Waals surface area (Å²) < 4.78 is 18.8. The molecular formula is C13H17FN2O2. The van der Waals surface area contributed by atoms with Gasteiger partial charge in [-0.2, -0.15) is 0 Å². The molecule has 0 bridgehead atoms. The molecule has 1 atom stereocenters. The molecule has 1 fully saturated rings. The van der Waals surface area contributed by atoms with E-state index in [1.54, 1.807) is 12.1 Å². The zero-order valence-electron chi connectivity index (χ0n) is 10.3. The van der Waals surface area contributed by atoms with E-state index in [2.05, 4.69) is 10.6 Å². The van der Waals surface area contributed by atoms with Crippen molar-refractivity contribution in [3.63, 3.8) is 0 Å². The van der Waals surface area contributed by atoms with E-state index in [1.165, 1.54) is 6.07 Å². The lowest BCUT2D eigenvalue weighted by atomic mass is 10.1. The SMILES string of the molecule is Cc1ccc(F)c(C(=O)NCC2COCCN2)c1. The number of carbonyl (C=O) groups is 1. The van der Waals surface area contributed by atoms with Gasteiger partial charge in [0.05, 0.1) is 18.8 Å². The van der Waals surface area contributed by atoms with Crippen molar-refractivity contribution in [3.05, 3.63) is 35.1 Å². The van der Waals surface area contributed by atoms with Crippen molar-refractivity contribution in [1.29, 1.82) is 0 Å². The van der Waals surface area contributed by atoms with Crippen molar-refractivity contribution < 1.29 is 13.9 Å². The standard InChI is InChI=1S/C13H17FN2O2/c1-9-2-3-12(14)11(6-9)13(17)16-7-10-8-18-5-4-15-10/h2-3,6,10,15H,4-5,7-8H2,1H3,(H,16,17). The maximum atomic E-state index is 13.5. The molecular weight excluding hydrogens is 235 g/mol. The second-order valence-electron chi connectivity index (χ2n) is 4.42. The lowest BCUT2D eigenvalue weighted by Gasteiger charge is -2.23. The molecule has 18 heavy (non-hydrogen) atoms. The maximum Gasteiger partial charge on any atom is 0.254 e. The van der Waals surface area contributed by atoms with Gasteiger partial charge in [0.2, 0.25) is 0 Å². The van der Waals surface area contributed by atoms with Crippen LogP contribution in [0.5, 0.6) is 0 Å². The zero-order chi connectivity index (χ0) is 13.0. The van der Waals surface area contributed by atoms with Gasteiger partial charge in [0.1, 0.15) is 5.82 Å². The number of morpholine rings is 1. The van der Waals surface area contributed by atoms with E-state index >= 15 is 0 Å². The summed E-state index contributed by atoms with van der Waals surface area (Å²) in [6, 6.07) is 4.60. The van der Waals surface area contributed by atoms with Gasteiger partial charge in [-0.3, -0.25) is 4.79 Å². The van der Waals surface area contributed by atoms with Crippen molar-refractivity contribution >= 4 is 5.91 Å². The molecule has 0 aliphatic carbocycles. The summed E-state index contributed by atoms with van der Waals surface area (Å²) in [7, 11) is 0. The molecule has 1 aromatic carbocycles. The molecule has 1 unspecified atom stereocenters. The molecule has 1 aliphatic heterocycles. The smallest absolute Gasteiger partial charge is 0.254 e. The Labute approximate surface area is 106 Å². The number of hydrogen-bond donors (Lipinski definition) is 2. The molecule has 0 radical (unpaired) electrons. The van der Waals surface area contributed by atoms with Gasteiger partial charge in [0, 0.05) is 19.1 Å². The van der Waals surface area contributed by atoms with E-state index in [0.717, 1.165) is 12.1 Å². The van der Waals surface area contributed by atoms with Crippen molar-refractivity contribution in [3.8, 4) is 0 Å². The van der Waals surface area contributed by atoms with E-state index in [4.69, 9.17) is 4.74 Å². The summed E-state index contributed by atoms with van der Waals surface area (Å²) in [6.45, 7) is 4.30. The molecule has 2 N–H and O–H groups in total. The average molecular weight is 252 g/mol. The van der Waals surface area contributed by atoms with Crippen LogP contribution in [0.25, 0.3) is 0 Å². The van der Waals surface area contributed by atoms with Crippen LogP contribution in [0.15, 0.2) is 18.2 Å². The largest absolute Gasteiger partial charge is 0.378 e. The van der Waals surface area contributed by atoms with Crippen molar-refractivity contribution in [2.45, 2.75) is 13.0 Å². The van der Waals surface area contributed by atoms with Crippen LogP contribution in [0.1, 0.15) is 15.9 Å². The second-order valence-corrected chi connectivity index (χ2v) is 4.42. The highest BCUT2D eigenvalue weighted by molar-refractivity contribution is 5.94. The number of ether oxygens (including phenoxy) is 1. The molecule has 1 aromatic rings.